The summed E-state index contributed by atoms with van der Waals surface area (Å²) in [5.74, 6) is 2.42. The van der Waals surface area contributed by atoms with Gasteiger partial charge < -0.3 is 5.32 Å². The number of rotatable bonds is 2. The maximum Gasteiger partial charge on any atom is 0.0998 e. The number of nitrogens with one attached hydrogen (secondary N) is 1. The molecule has 1 unspecified atom stereocenters. The molecular weight excluding hydrogens is 240 g/mol. The number of thioether (sulfide) groups is 1. The molecule has 0 aromatic heterocycles. The number of benzene rings is 2. The lowest BCUT2D eigenvalue weighted by Gasteiger charge is -2.15. The molecule has 0 saturated carbocycles. The van der Waals surface area contributed by atoms with Crippen molar-refractivity contribution >= 4 is 28.2 Å². The van der Waals surface area contributed by atoms with E-state index in [0.29, 0.717) is 6.04 Å². The van der Waals surface area contributed by atoms with Crippen LogP contribution in [-0.2, 0) is 0 Å². The highest BCUT2D eigenvalue weighted by atomic mass is 32.2. The maximum absolute atomic E-state index is 9.14. The first-order valence-corrected chi connectivity index (χ1v) is 7.30. The van der Waals surface area contributed by atoms with Gasteiger partial charge in [-0.15, -0.1) is 0 Å². The van der Waals surface area contributed by atoms with Crippen LogP contribution in [0.3, 0.4) is 0 Å². The molecule has 1 aliphatic heterocycles. The SMILES string of the molecule is N#Cc1ccc(NC2CCSC2)c2ccccc12. The molecule has 0 bridgehead atoms. The van der Waals surface area contributed by atoms with Gasteiger partial charge in [0.1, 0.15) is 0 Å². The smallest absolute Gasteiger partial charge is 0.0998 e. The van der Waals surface area contributed by atoms with Gasteiger partial charge in [-0.2, -0.15) is 17.0 Å². The van der Waals surface area contributed by atoms with Crippen molar-refractivity contribution in [3.8, 4) is 6.07 Å². The maximum atomic E-state index is 9.14. The van der Waals surface area contributed by atoms with Crippen LogP contribution < -0.4 is 5.32 Å². The molecule has 3 heteroatoms. The second-order valence-electron chi connectivity index (χ2n) is 4.52. The molecule has 1 aliphatic rings. The van der Waals surface area contributed by atoms with Crippen molar-refractivity contribution in [2.75, 3.05) is 16.8 Å². The molecule has 3 rings (SSSR count). The average molecular weight is 254 g/mol. The van der Waals surface area contributed by atoms with Gasteiger partial charge in [-0.25, -0.2) is 0 Å². The number of anilines is 1. The Morgan fingerprint density at radius 1 is 1.17 bits per heavy atom. The Hall–Kier alpha value is -1.66. The minimum atomic E-state index is 0.561. The van der Waals surface area contributed by atoms with Crippen LogP contribution in [0, 0.1) is 11.3 Å². The van der Waals surface area contributed by atoms with Crippen LogP contribution in [0.4, 0.5) is 5.69 Å². The molecule has 1 saturated heterocycles. The molecule has 1 heterocycles. The number of hydrogen-bond acceptors (Lipinski definition) is 3. The van der Waals surface area contributed by atoms with Gasteiger partial charge in [-0.05, 0) is 24.3 Å². The normalized spacial score (nSPS) is 18.7. The van der Waals surface area contributed by atoms with Crippen molar-refractivity contribution < 1.29 is 0 Å². The van der Waals surface area contributed by atoms with Crippen molar-refractivity contribution in [2.45, 2.75) is 12.5 Å². The Bertz CT molecular complexity index is 609. The van der Waals surface area contributed by atoms with Gasteiger partial charge in [0.05, 0.1) is 11.6 Å². The summed E-state index contributed by atoms with van der Waals surface area (Å²) >= 11 is 2.00. The van der Waals surface area contributed by atoms with Crippen molar-refractivity contribution in [1.29, 1.82) is 5.26 Å². The van der Waals surface area contributed by atoms with Gasteiger partial charge in [0, 0.05) is 28.3 Å². The first-order chi connectivity index (χ1) is 8.88. The molecule has 2 aromatic carbocycles. The molecule has 1 fully saturated rings. The van der Waals surface area contributed by atoms with E-state index in [1.165, 1.54) is 17.9 Å². The second-order valence-corrected chi connectivity index (χ2v) is 5.67. The largest absolute Gasteiger partial charge is 0.381 e. The average Bonchev–Trinajstić information content (AvgIpc) is 2.92. The molecular formula is C15H14N2S. The topological polar surface area (TPSA) is 35.8 Å². The third kappa shape index (κ3) is 2.04. The number of nitrogens with zero attached hydrogens (tertiary/aromatic N) is 1. The highest BCUT2D eigenvalue weighted by Gasteiger charge is 2.16. The Labute approximate surface area is 111 Å². The molecule has 0 amide bonds. The fourth-order valence-corrected chi connectivity index (χ4v) is 3.54. The first kappa shape index (κ1) is 11.4. The summed E-state index contributed by atoms with van der Waals surface area (Å²) in [5.41, 5.74) is 1.90. The van der Waals surface area contributed by atoms with Crippen LogP contribution in [0.1, 0.15) is 12.0 Å². The van der Waals surface area contributed by atoms with Crippen LogP contribution in [0.15, 0.2) is 36.4 Å². The summed E-state index contributed by atoms with van der Waals surface area (Å²) in [7, 11) is 0. The van der Waals surface area contributed by atoms with Crippen molar-refractivity contribution in [3.63, 3.8) is 0 Å². The van der Waals surface area contributed by atoms with Crippen LogP contribution in [-0.4, -0.2) is 17.5 Å². The fraction of sp³-hybridized carbons (Fsp3) is 0.267. The van der Waals surface area contributed by atoms with Crippen molar-refractivity contribution in [1.82, 2.24) is 0 Å². The van der Waals surface area contributed by atoms with Gasteiger partial charge in [0.25, 0.3) is 0 Å². The zero-order valence-corrected chi connectivity index (χ0v) is 10.8. The molecule has 2 nitrogen and oxygen atoms in total. The van der Waals surface area contributed by atoms with Crippen molar-refractivity contribution in [3.05, 3.63) is 42.0 Å². The van der Waals surface area contributed by atoms with E-state index >= 15 is 0 Å². The summed E-state index contributed by atoms with van der Waals surface area (Å²) in [6, 6.07) is 14.9. The van der Waals surface area contributed by atoms with Gasteiger partial charge in [0.15, 0.2) is 0 Å². The van der Waals surface area contributed by atoms with Gasteiger partial charge in [-0.3, -0.25) is 0 Å². The predicted molar refractivity (Wildman–Crippen MR) is 78.0 cm³/mol. The van der Waals surface area contributed by atoms with Gasteiger partial charge in [-0.1, -0.05) is 24.3 Å². The lowest BCUT2D eigenvalue weighted by Crippen LogP contribution is -2.18. The van der Waals surface area contributed by atoms with Gasteiger partial charge in [0.2, 0.25) is 0 Å². The molecule has 0 aliphatic carbocycles. The summed E-state index contributed by atoms with van der Waals surface area (Å²) in [5, 5.41) is 14.9. The van der Waals surface area contributed by atoms with E-state index in [2.05, 4.69) is 17.5 Å². The highest BCUT2D eigenvalue weighted by Crippen LogP contribution is 2.29. The third-order valence-electron chi connectivity index (χ3n) is 3.33. The van der Waals surface area contributed by atoms with Crippen LogP contribution in [0.2, 0.25) is 0 Å². The molecule has 0 spiro atoms. The van der Waals surface area contributed by atoms with E-state index in [1.54, 1.807) is 0 Å². The van der Waals surface area contributed by atoms with E-state index < -0.39 is 0 Å². The Kier molecular flexibility index (Phi) is 3.12. The van der Waals surface area contributed by atoms with Gasteiger partial charge >= 0.3 is 0 Å². The van der Waals surface area contributed by atoms with E-state index in [9.17, 15) is 0 Å². The number of hydrogen-bond donors (Lipinski definition) is 1. The van der Waals surface area contributed by atoms with E-state index in [4.69, 9.17) is 5.26 Å². The van der Waals surface area contributed by atoms with E-state index in [0.717, 1.165) is 22.0 Å². The predicted octanol–water partition coefficient (Wildman–Crippen LogP) is 3.63. The zero-order valence-electron chi connectivity index (χ0n) is 10.0. The van der Waals surface area contributed by atoms with Crippen LogP contribution in [0.25, 0.3) is 10.8 Å². The summed E-state index contributed by atoms with van der Waals surface area (Å²) in [4.78, 5) is 0. The summed E-state index contributed by atoms with van der Waals surface area (Å²) < 4.78 is 0. The molecule has 90 valence electrons. The van der Waals surface area contributed by atoms with E-state index in [1.807, 2.05) is 42.1 Å². The Morgan fingerprint density at radius 3 is 2.72 bits per heavy atom. The highest BCUT2D eigenvalue weighted by molar-refractivity contribution is 7.99. The molecule has 18 heavy (non-hydrogen) atoms. The minimum Gasteiger partial charge on any atom is -0.381 e. The quantitative estimate of drug-likeness (QED) is 0.889. The zero-order chi connectivity index (χ0) is 12.4. The molecule has 1 N–H and O–H groups in total. The lowest BCUT2D eigenvalue weighted by atomic mass is 10.0. The monoisotopic (exact) mass is 254 g/mol. The third-order valence-corrected chi connectivity index (χ3v) is 4.50. The summed E-state index contributed by atoms with van der Waals surface area (Å²) in [6.45, 7) is 0. The molecule has 0 radical (unpaired) electrons. The first-order valence-electron chi connectivity index (χ1n) is 6.14. The van der Waals surface area contributed by atoms with Crippen LogP contribution in [0.5, 0.6) is 0 Å². The fourth-order valence-electron chi connectivity index (χ4n) is 2.39. The standard InChI is InChI=1S/C15H14N2S/c16-9-11-5-6-15(17-12-7-8-18-10-12)14-4-2-1-3-13(11)14/h1-6,12,17H,7-8,10H2. The Morgan fingerprint density at radius 2 is 2.00 bits per heavy atom. The molecule has 2 aromatic rings. The lowest BCUT2D eigenvalue weighted by molar-refractivity contribution is 0.814. The number of nitriles is 1. The van der Waals surface area contributed by atoms with E-state index in [-0.39, 0.29) is 0 Å². The molecule has 1 atom stereocenters. The minimum absolute atomic E-state index is 0.561. The summed E-state index contributed by atoms with van der Waals surface area (Å²) in [6.07, 6.45) is 1.22. The Balaban J connectivity index is 2.04. The second kappa shape index (κ2) is 4.91. The van der Waals surface area contributed by atoms with Crippen molar-refractivity contribution in [2.24, 2.45) is 0 Å². The van der Waals surface area contributed by atoms with Crippen LogP contribution >= 0.6 is 11.8 Å². The number of fused-ring (bicyclic) bond motifs is 1.